The summed E-state index contributed by atoms with van der Waals surface area (Å²) in [5.74, 6) is 0.569. The van der Waals surface area contributed by atoms with E-state index in [1.165, 1.54) is 12.8 Å². The van der Waals surface area contributed by atoms with Crippen LogP contribution in [-0.4, -0.2) is 24.7 Å². The van der Waals surface area contributed by atoms with Crippen molar-refractivity contribution in [1.82, 2.24) is 14.5 Å². The fourth-order valence-electron chi connectivity index (χ4n) is 2.27. The van der Waals surface area contributed by atoms with Gasteiger partial charge in [0.25, 0.3) is 0 Å². The molecule has 1 aliphatic carbocycles. The van der Waals surface area contributed by atoms with Gasteiger partial charge in [0.05, 0.1) is 18.0 Å². The van der Waals surface area contributed by atoms with Gasteiger partial charge >= 0.3 is 0 Å². The van der Waals surface area contributed by atoms with E-state index in [-0.39, 0.29) is 5.75 Å². The highest BCUT2D eigenvalue weighted by Crippen LogP contribution is 2.38. The number of halogens is 1. The number of rotatable bonds is 7. The SMILES string of the molecule is O=S(=O)(Cc1ccc(Cl)cc1)NCCn1ccc(C2CC2)n1. The molecular weight excluding hydrogens is 322 g/mol. The smallest absolute Gasteiger partial charge is 0.215 e. The second-order valence-corrected chi connectivity index (χ2v) is 7.80. The van der Waals surface area contributed by atoms with Crippen LogP contribution in [0.1, 0.15) is 30.0 Å². The second kappa shape index (κ2) is 6.40. The van der Waals surface area contributed by atoms with E-state index in [2.05, 4.69) is 9.82 Å². The van der Waals surface area contributed by atoms with Gasteiger partial charge in [-0.25, -0.2) is 13.1 Å². The van der Waals surface area contributed by atoms with E-state index < -0.39 is 10.0 Å². The van der Waals surface area contributed by atoms with Crippen molar-refractivity contribution in [2.45, 2.75) is 31.1 Å². The third kappa shape index (κ3) is 4.32. The number of nitrogens with one attached hydrogen (secondary N) is 1. The zero-order valence-electron chi connectivity index (χ0n) is 12.1. The Hall–Kier alpha value is -1.37. The van der Waals surface area contributed by atoms with Crippen LogP contribution in [0.3, 0.4) is 0 Å². The van der Waals surface area contributed by atoms with Crippen molar-refractivity contribution >= 4 is 21.6 Å². The molecule has 3 rings (SSSR count). The van der Waals surface area contributed by atoms with Crippen LogP contribution in [0, 0.1) is 0 Å². The molecule has 0 amide bonds. The minimum absolute atomic E-state index is 0.0450. The van der Waals surface area contributed by atoms with Gasteiger partial charge in [0, 0.05) is 23.7 Å². The lowest BCUT2D eigenvalue weighted by Gasteiger charge is -2.07. The van der Waals surface area contributed by atoms with Crippen LogP contribution in [0.2, 0.25) is 5.02 Å². The molecule has 0 bridgehead atoms. The fraction of sp³-hybridized carbons (Fsp3) is 0.400. The summed E-state index contributed by atoms with van der Waals surface area (Å²) in [4.78, 5) is 0. The average molecular weight is 340 g/mol. The number of aromatic nitrogens is 2. The van der Waals surface area contributed by atoms with Gasteiger partial charge in [0.15, 0.2) is 0 Å². The molecule has 118 valence electrons. The Morgan fingerprint density at radius 2 is 1.95 bits per heavy atom. The highest BCUT2D eigenvalue weighted by Gasteiger charge is 2.25. The first-order valence-corrected chi connectivity index (χ1v) is 9.30. The van der Waals surface area contributed by atoms with Crippen LogP contribution in [0.5, 0.6) is 0 Å². The highest BCUT2D eigenvalue weighted by atomic mass is 35.5. The summed E-state index contributed by atoms with van der Waals surface area (Å²) in [6.07, 6.45) is 4.33. The summed E-state index contributed by atoms with van der Waals surface area (Å²) in [5, 5.41) is 5.05. The molecule has 1 fully saturated rings. The molecule has 0 radical (unpaired) electrons. The molecule has 1 heterocycles. The molecule has 1 aromatic carbocycles. The van der Waals surface area contributed by atoms with Crippen molar-refractivity contribution in [3.63, 3.8) is 0 Å². The first-order chi connectivity index (χ1) is 10.5. The fourth-order valence-corrected chi connectivity index (χ4v) is 3.53. The Labute approximate surface area is 135 Å². The Morgan fingerprint density at radius 3 is 2.64 bits per heavy atom. The van der Waals surface area contributed by atoms with Crippen molar-refractivity contribution in [3.05, 3.63) is 52.8 Å². The predicted molar refractivity (Wildman–Crippen MR) is 86.3 cm³/mol. The normalized spacial score (nSPS) is 15.1. The predicted octanol–water partition coefficient (Wildman–Crippen LogP) is 2.53. The molecule has 1 aliphatic rings. The summed E-state index contributed by atoms with van der Waals surface area (Å²) in [6.45, 7) is 0.869. The summed E-state index contributed by atoms with van der Waals surface area (Å²) in [5.41, 5.74) is 1.83. The van der Waals surface area contributed by atoms with Gasteiger partial charge in [-0.3, -0.25) is 4.68 Å². The average Bonchev–Trinajstić information content (AvgIpc) is 3.21. The van der Waals surface area contributed by atoms with E-state index in [1.54, 1.807) is 28.9 Å². The van der Waals surface area contributed by atoms with Gasteiger partial charge in [-0.05, 0) is 36.6 Å². The van der Waals surface area contributed by atoms with Crippen molar-refractivity contribution in [2.24, 2.45) is 0 Å². The van der Waals surface area contributed by atoms with Crippen molar-refractivity contribution in [2.75, 3.05) is 6.54 Å². The number of hydrogen-bond acceptors (Lipinski definition) is 3. The van der Waals surface area contributed by atoms with Gasteiger partial charge in [0.2, 0.25) is 10.0 Å². The lowest BCUT2D eigenvalue weighted by molar-refractivity contribution is 0.558. The molecule has 0 saturated heterocycles. The van der Waals surface area contributed by atoms with Crippen LogP contribution in [0.15, 0.2) is 36.5 Å². The van der Waals surface area contributed by atoms with E-state index in [0.29, 0.717) is 29.6 Å². The number of benzene rings is 1. The molecular formula is C15H18ClN3O2S. The third-order valence-corrected chi connectivity index (χ3v) is 5.20. The standard InChI is InChI=1S/C15H18ClN3O2S/c16-14-5-1-12(2-6-14)11-22(20,21)17-8-10-19-9-7-15(18-19)13-3-4-13/h1-2,5-7,9,13,17H,3-4,8,10-11H2. The maximum absolute atomic E-state index is 12.0. The first-order valence-electron chi connectivity index (χ1n) is 7.27. The zero-order valence-corrected chi connectivity index (χ0v) is 13.6. The highest BCUT2D eigenvalue weighted by molar-refractivity contribution is 7.88. The molecule has 0 spiro atoms. The molecule has 1 aromatic heterocycles. The van der Waals surface area contributed by atoms with Crippen molar-refractivity contribution in [1.29, 1.82) is 0 Å². The molecule has 7 heteroatoms. The van der Waals surface area contributed by atoms with E-state index in [1.807, 2.05) is 12.3 Å². The second-order valence-electron chi connectivity index (χ2n) is 5.56. The maximum Gasteiger partial charge on any atom is 0.215 e. The van der Waals surface area contributed by atoms with Gasteiger partial charge in [-0.1, -0.05) is 23.7 Å². The van der Waals surface area contributed by atoms with Gasteiger partial charge < -0.3 is 0 Å². The van der Waals surface area contributed by atoms with Gasteiger partial charge in [-0.15, -0.1) is 0 Å². The quantitative estimate of drug-likeness (QED) is 0.843. The molecule has 0 unspecified atom stereocenters. The summed E-state index contributed by atoms with van der Waals surface area (Å²) in [7, 11) is -3.35. The number of hydrogen-bond donors (Lipinski definition) is 1. The van der Waals surface area contributed by atoms with E-state index in [0.717, 1.165) is 5.69 Å². The first kappa shape index (κ1) is 15.5. The van der Waals surface area contributed by atoms with Crippen LogP contribution < -0.4 is 4.72 Å². The Bertz CT molecular complexity index is 736. The summed E-state index contributed by atoms with van der Waals surface area (Å²) in [6, 6.07) is 8.83. The van der Waals surface area contributed by atoms with Gasteiger partial charge in [-0.2, -0.15) is 5.10 Å². The lowest BCUT2D eigenvalue weighted by atomic mass is 10.2. The Morgan fingerprint density at radius 1 is 1.23 bits per heavy atom. The maximum atomic E-state index is 12.0. The minimum Gasteiger partial charge on any atom is -0.271 e. The summed E-state index contributed by atoms with van der Waals surface area (Å²) >= 11 is 5.79. The zero-order chi connectivity index (χ0) is 15.6. The minimum atomic E-state index is -3.35. The molecule has 2 aromatic rings. The van der Waals surface area contributed by atoms with Crippen LogP contribution >= 0.6 is 11.6 Å². The van der Waals surface area contributed by atoms with Crippen molar-refractivity contribution in [3.8, 4) is 0 Å². The monoisotopic (exact) mass is 339 g/mol. The molecule has 0 aliphatic heterocycles. The van der Waals surface area contributed by atoms with Crippen molar-refractivity contribution < 1.29 is 8.42 Å². The lowest BCUT2D eigenvalue weighted by Crippen LogP contribution is -2.28. The summed E-state index contributed by atoms with van der Waals surface area (Å²) < 4.78 is 28.4. The molecule has 0 atom stereocenters. The van der Waals surface area contributed by atoms with E-state index in [9.17, 15) is 8.42 Å². The molecule has 1 N–H and O–H groups in total. The van der Waals surface area contributed by atoms with E-state index >= 15 is 0 Å². The number of sulfonamides is 1. The largest absolute Gasteiger partial charge is 0.271 e. The molecule has 1 saturated carbocycles. The Balaban J connectivity index is 1.49. The van der Waals surface area contributed by atoms with Gasteiger partial charge in [0.1, 0.15) is 0 Å². The van der Waals surface area contributed by atoms with Crippen LogP contribution in [0.25, 0.3) is 0 Å². The van der Waals surface area contributed by atoms with Crippen LogP contribution in [0.4, 0.5) is 0 Å². The third-order valence-electron chi connectivity index (χ3n) is 3.59. The molecule has 5 nitrogen and oxygen atoms in total. The van der Waals surface area contributed by atoms with E-state index in [4.69, 9.17) is 11.6 Å². The number of nitrogens with zero attached hydrogens (tertiary/aromatic N) is 2. The molecule has 22 heavy (non-hydrogen) atoms. The Kier molecular flexibility index (Phi) is 4.52. The topological polar surface area (TPSA) is 64.0 Å². The van der Waals surface area contributed by atoms with Crippen LogP contribution in [-0.2, 0) is 22.3 Å².